The van der Waals surface area contributed by atoms with Crippen LogP contribution in [0.3, 0.4) is 0 Å². The molecule has 0 fully saturated rings. The van der Waals surface area contributed by atoms with E-state index in [4.69, 9.17) is 0 Å². The van der Waals surface area contributed by atoms with Crippen molar-refractivity contribution in [2.75, 3.05) is 13.1 Å². The number of allylic oxidation sites excluding steroid dienone is 2. The Labute approximate surface area is 99.4 Å². The molecule has 1 aliphatic rings. The summed E-state index contributed by atoms with van der Waals surface area (Å²) in [4.78, 5) is 4.66. The summed E-state index contributed by atoms with van der Waals surface area (Å²) in [6, 6.07) is 0.411. The van der Waals surface area contributed by atoms with Gasteiger partial charge in [-0.3, -0.25) is 4.99 Å². The summed E-state index contributed by atoms with van der Waals surface area (Å²) in [7, 11) is 0. The Bertz CT molecular complexity index is 256. The lowest BCUT2D eigenvalue weighted by Crippen LogP contribution is -2.29. The highest BCUT2D eigenvalue weighted by atomic mass is 15.1. The molecule has 0 aliphatic carbocycles. The average molecular weight is 223 g/mol. The molecule has 1 heterocycles. The van der Waals surface area contributed by atoms with E-state index in [2.05, 4.69) is 42.5 Å². The van der Waals surface area contributed by atoms with Gasteiger partial charge in [0.15, 0.2) is 0 Å². The highest BCUT2D eigenvalue weighted by molar-refractivity contribution is 5.83. The predicted molar refractivity (Wildman–Crippen MR) is 70.8 cm³/mol. The molecule has 3 nitrogen and oxygen atoms in total. The maximum absolute atomic E-state index is 4.66. The van der Waals surface area contributed by atoms with E-state index >= 15 is 0 Å². The Hall–Kier alpha value is -0.990. The lowest BCUT2D eigenvalue weighted by atomic mass is 10.2. The fourth-order valence-electron chi connectivity index (χ4n) is 1.89. The third-order valence-corrected chi connectivity index (χ3v) is 2.76. The summed E-state index contributed by atoms with van der Waals surface area (Å²) in [6.07, 6.45) is 6.70. The van der Waals surface area contributed by atoms with Crippen molar-refractivity contribution in [3.05, 3.63) is 11.8 Å². The van der Waals surface area contributed by atoms with Crippen molar-refractivity contribution in [1.82, 2.24) is 10.6 Å². The van der Waals surface area contributed by atoms with Crippen LogP contribution in [-0.4, -0.2) is 25.0 Å². The molecule has 2 N–H and O–H groups in total. The molecule has 1 aliphatic heterocycles. The van der Waals surface area contributed by atoms with Crippen LogP contribution >= 0.6 is 0 Å². The second-order valence-corrected chi connectivity index (χ2v) is 4.23. The second kappa shape index (κ2) is 7.31. The van der Waals surface area contributed by atoms with Crippen LogP contribution in [0.1, 0.15) is 46.5 Å². The van der Waals surface area contributed by atoms with Crippen LogP contribution in [0.25, 0.3) is 0 Å². The molecule has 16 heavy (non-hydrogen) atoms. The molecule has 0 amide bonds. The van der Waals surface area contributed by atoms with Gasteiger partial charge in [-0.1, -0.05) is 26.8 Å². The monoisotopic (exact) mass is 223 g/mol. The number of aliphatic imine (C=N–C) groups is 1. The molecule has 0 aromatic heterocycles. The fraction of sp³-hybridized carbons (Fsp3) is 0.769. The number of amidine groups is 1. The Morgan fingerprint density at radius 2 is 2.31 bits per heavy atom. The first-order chi connectivity index (χ1) is 7.80. The maximum Gasteiger partial charge on any atom is 0.0968 e. The molecule has 92 valence electrons. The Morgan fingerprint density at radius 3 is 2.94 bits per heavy atom. The van der Waals surface area contributed by atoms with Crippen LogP contribution in [-0.2, 0) is 0 Å². The van der Waals surface area contributed by atoms with E-state index in [1.807, 2.05) is 0 Å². The van der Waals surface area contributed by atoms with Gasteiger partial charge in [0.05, 0.1) is 11.9 Å². The van der Waals surface area contributed by atoms with E-state index in [-0.39, 0.29) is 0 Å². The lowest BCUT2D eigenvalue weighted by Gasteiger charge is -2.11. The molecular formula is C13H25N3. The molecule has 0 aromatic rings. The zero-order chi connectivity index (χ0) is 11.8. The first-order valence-corrected chi connectivity index (χ1v) is 6.53. The molecule has 0 aromatic carbocycles. The first kappa shape index (κ1) is 13.1. The quantitative estimate of drug-likeness (QED) is 0.695. The molecule has 0 saturated carbocycles. The van der Waals surface area contributed by atoms with Gasteiger partial charge in [-0.25, -0.2) is 0 Å². The van der Waals surface area contributed by atoms with Crippen molar-refractivity contribution in [2.24, 2.45) is 4.99 Å². The van der Waals surface area contributed by atoms with Crippen LogP contribution < -0.4 is 10.6 Å². The van der Waals surface area contributed by atoms with Gasteiger partial charge >= 0.3 is 0 Å². The summed E-state index contributed by atoms with van der Waals surface area (Å²) in [5.41, 5.74) is 1.35. The normalized spacial score (nSPS) is 20.6. The van der Waals surface area contributed by atoms with Gasteiger partial charge in [0.2, 0.25) is 0 Å². The van der Waals surface area contributed by atoms with Gasteiger partial charge in [-0.15, -0.1) is 0 Å². The van der Waals surface area contributed by atoms with Crippen LogP contribution in [0.2, 0.25) is 0 Å². The lowest BCUT2D eigenvalue weighted by molar-refractivity contribution is 0.628. The Morgan fingerprint density at radius 1 is 1.50 bits per heavy atom. The summed E-state index contributed by atoms with van der Waals surface area (Å²) >= 11 is 0. The number of nitrogens with one attached hydrogen (secondary N) is 2. The molecule has 0 bridgehead atoms. The predicted octanol–water partition coefficient (Wildman–Crippen LogP) is 2.45. The van der Waals surface area contributed by atoms with E-state index in [1.165, 1.54) is 18.0 Å². The maximum atomic E-state index is 4.66. The van der Waals surface area contributed by atoms with Gasteiger partial charge in [-0.2, -0.15) is 0 Å². The van der Waals surface area contributed by atoms with Crippen molar-refractivity contribution in [1.29, 1.82) is 0 Å². The number of rotatable bonds is 7. The van der Waals surface area contributed by atoms with E-state index in [1.54, 1.807) is 0 Å². The van der Waals surface area contributed by atoms with Crippen LogP contribution in [0.15, 0.2) is 16.8 Å². The summed E-state index contributed by atoms with van der Waals surface area (Å²) in [5.74, 6) is 1.19. The summed E-state index contributed by atoms with van der Waals surface area (Å²) in [6.45, 7) is 8.50. The van der Waals surface area contributed by atoms with E-state index in [0.29, 0.717) is 6.04 Å². The fourth-order valence-corrected chi connectivity index (χ4v) is 1.89. The third kappa shape index (κ3) is 4.25. The van der Waals surface area contributed by atoms with Gasteiger partial charge in [0.1, 0.15) is 0 Å². The average Bonchev–Trinajstić information content (AvgIpc) is 2.72. The van der Waals surface area contributed by atoms with Crippen molar-refractivity contribution in [2.45, 2.75) is 52.5 Å². The van der Waals surface area contributed by atoms with E-state index < -0.39 is 0 Å². The molecule has 0 radical (unpaired) electrons. The van der Waals surface area contributed by atoms with E-state index in [0.717, 1.165) is 32.4 Å². The topological polar surface area (TPSA) is 36.4 Å². The molecule has 0 spiro atoms. The van der Waals surface area contributed by atoms with Crippen LogP contribution in [0.4, 0.5) is 0 Å². The van der Waals surface area contributed by atoms with E-state index in [9.17, 15) is 0 Å². The minimum atomic E-state index is 0.411. The van der Waals surface area contributed by atoms with Gasteiger partial charge in [0, 0.05) is 25.2 Å². The molecular weight excluding hydrogens is 198 g/mol. The highest BCUT2D eigenvalue weighted by Gasteiger charge is 2.15. The smallest absolute Gasteiger partial charge is 0.0968 e. The van der Waals surface area contributed by atoms with Gasteiger partial charge < -0.3 is 10.6 Å². The minimum absolute atomic E-state index is 0.411. The van der Waals surface area contributed by atoms with Crippen molar-refractivity contribution in [3.63, 3.8) is 0 Å². The Kier molecular flexibility index (Phi) is 5.98. The molecule has 3 heteroatoms. The standard InChI is InChI=1S/C13H25N3/c1-4-7-11(6-3)14-9-12-10-15-13(16-12)8-5-2/h7,12,14H,4-6,8-10H2,1-3H3,(H,15,16)/b11-7+. The van der Waals surface area contributed by atoms with Crippen LogP contribution in [0.5, 0.6) is 0 Å². The van der Waals surface area contributed by atoms with Crippen LogP contribution in [0, 0.1) is 0 Å². The Balaban J connectivity index is 2.31. The second-order valence-electron chi connectivity index (χ2n) is 4.23. The molecule has 0 saturated heterocycles. The van der Waals surface area contributed by atoms with Crippen molar-refractivity contribution < 1.29 is 0 Å². The minimum Gasteiger partial charge on any atom is -0.386 e. The summed E-state index contributed by atoms with van der Waals surface area (Å²) in [5, 5.41) is 6.86. The molecule has 1 rings (SSSR count). The largest absolute Gasteiger partial charge is 0.386 e. The van der Waals surface area contributed by atoms with Crippen molar-refractivity contribution in [3.8, 4) is 0 Å². The van der Waals surface area contributed by atoms with Crippen molar-refractivity contribution >= 4 is 5.84 Å². The first-order valence-electron chi connectivity index (χ1n) is 6.53. The number of hydrogen-bond acceptors (Lipinski definition) is 3. The number of nitrogens with zero attached hydrogens (tertiary/aromatic N) is 1. The highest BCUT2D eigenvalue weighted by Crippen LogP contribution is 2.04. The molecule has 1 atom stereocenters. The van der Waals surface area contributed by atoms with Gasteiger partial charge in [-0.05, 0) is 19.3 Å². The number of hydrogen-bond donors (Lipinski definition) is 2. The van der Waals surface area contributed by atoms with Gasteiger partial charge in [0.25, 0.3) is 0 Å². The molecule has 1 unspecified atom stereocenters. The summed E-state index contributed by atoms with van der Waals surface area (Å²) < 4.78 is 0. The SMILES string of the molecule is CC/C=C(\CC)NCC1CNC(CCC)=N1. The zero-order valence-electron chi connectivity index (χ0n) is 10.8. The zero-order valence-corrected chi connectivity index (χ0v) is 10.8. The third-order valence-electron chi connectivity index (χ3n) is 2.76.